The number of carbonyl (C=O) groups excluding carboxylic acids is 2. The standard InChI is InChI=1S/C18H13N5O3/c1-23-18(26)14-5-3-2-4-13(14)15(22-23)17(25)21-20-16(24)12-8-6-11(10-19)7-9-12/h2-9H,1H3,(H,20,24)(H,21,25). The van der Waals surface area contributed by atoms with Crippen LogP contribution in [0.15, 0.2) is 53.3 Å². The molecule has 8 heteroatoms. The number of amides is 2. The van der Waals surface area contributed by atoms with E-state index in [0.717, 1.165) is 4.68 Å². The molecule has 3 rings (SSSR count). The summed E-state index contributed by atoms with van der Waals surface area (Å²) in [6, 6.07) is 14.5. The molecule has 0 saturated heterocycles. The topological polar surface area (TPSA) is 117 Å². The molecule has 0 radical (unpaired) electrons. The lowest BCUT2D eigenvalue weighted by molar-refractivity contribution is 0.0844. The fraction of sp³-hybridized carbons (Fsp3) is 0.0556. The van der Waals surface area contributed by atoms with Gasteiger partial charge in [0.2, 0.25) is 0 Å². The van der Waals surface area contributed by atoms with Gasteiger partial charge >= 0.3 is 0 Å². The van der Waals surface area contributed by atoms with Crippen molar-refractivity contribution < 1.29 is 9.59 Å². The van der Waals surface area contributed by atoms with Crippen LogP contribution in [0.4, 0.5) is 0 Å². The van der Waals surface area contributed by atoms with Crippen molar-refractivity contribution >= 4 is 22.6 Å². The van der Waals surface area contributed by atoms with Crippen molar-refractivity contribution in [2.45, 2.75) is 0 Å². The molecule has 0 aliphatic rings. The van der Waals surface area contributed by atoms with E-state index in [1.54, 1.807) is 24.3 Å². The lowest BCUT2D eigenvalue weighted by Crippen LogP contribution is -2.42. The Balaban J connectivity index is 1.81. The third-order valence-electron chi connectivity index (χ3n) is 3.74. The Labute approximate surface area is 147 Å². The minimum absolute atomic E-state index is 0.0165. The maximum absolute atomic E-state index is 12.4. The first-order valence-corrected chi connectivity index (χ1v) is 7.58. The molecule has 128 valence electrons. The van der Waals surface area contributed by atoms with Gasteiger partial charge in [0.25, 0.3) is 17.4 Å². The van der Waals surface area contributed by atoms with Gasteiger partial charge in [-0.25, -0.2) is 4.68 Å². The van der Waals surface area contributed by atoms with E-state index in [2.05, 4.69) is 16.0 Å². The Morgan fingerprint density at radius 2 is 1.62 bits per heavy atom. The van der Waals surface area contributed by atoms with E-state index >= 15 is 0 Å². The molecular weight excluding hydrogens is 334 g/mol. The largest absolute Gasteiger partial charge is 0.290 e. The molecule has 0 aliphatic heterocycles. The summed E-state index contributed by atoms with van der Waals surface area (Å²) >= 11 is 0. The average Bonchev–Trinajstić information content (AvgIpc) is 2.68. The smallest absolute Gasteiger partial charge is 0.267 e. The molecule has 26 heavy (non-hydrogen) atoms. The summed E-state index contributed by atoms with van der Waals surface area (Å²) < 4.78 is 1.07. The fourth-order valence-corrected chi connectivity index (χ4v) is 2.41. The van der Waals surface area contributed by atoms with Crippen molar-refractivity contribution in [1.29, 1.82) is 5.26 Å². The molecular formula is C18H13N5O3. The van der Waals surface area contributed by atoms with Crippen LogP contribution in [-0.2, 0) is 7.05 Å². The fourth-order valence-electron chi connectivity index (χ4n) is 2.41. The van der Waals surface area contributed by atoms with Gasteiger partial charge in [-0.3, -0.25) is 25.2 Å². The Morgan fingerprint density at radius 1 is 1.00 bits per heavy atom. The Morgan fingerprint density at radius 3 is 2.27 bits per heavy atom. The highest BCUT2D eigenvalue weighted by atomic mass is 16.2. The van der Waals surface area contributed by atoms with Crippen molar-refractivity contribution in [3.63, 3.8) is 0 Å². The zero-order chi connectivity index (χ0) is 18.7. The van der Waals surface area contributed by atoms with Gasteiger partial charge in [-0.2, -0.15) is 10.4 Å². The highest BCUT2D eigenvalue weighted by Gasteiger charge is 2.16. The summed E-state index contributed by atoms with van der Waals surface area (Å²) in [5.41, 5.74) is 4.97. The monoisotopic (exact) mass is 347 g/mol. The molecule has 0 fully saturated rings. The van der Waals surface area contributed by atoms with Crippen molar-refractivity contribution in [3.05, 3.63) is 75.7 Å². The quantitative estimate of drug-likeness (QED) is 0.668. The van der Waals surface area contributed by atoms with Gasteiger partial charge in [-0.1, -0.05) is 18.2 Å². The minimum Gasteiger partial charge on any atom is -0.267 e. The van der Waals surface area contributed by atoms with Gasteiger partial charge in [-0.15, -0.1) is 0 Å². The third kappa shape index (κ3) is 3.14. The SMILES string of the molecule is Cn1nc(C(=O)NNC(=O)c2ccc(C#N)cc2)c2ccccc2c1=O. The summed E-state index contributed by atoms with van der Waals surface area (Å²) in [5.74, 6) is -1.20. The van der Waals surface area contributed by atoms with Gasteiger partial charge in [0, 0.05) is 18.0 Å². The summed E-state index contributed by atoms with van der Waals surface area (Å²) in [7, 11) is 1.45. The molecule has 0 unspecified atom stereocenters. The maximum atomic E-state index is 12.4. The van der Waals surface area contributed by atoms with Gasteiger partial charge in [0.05, 0.1) is 17.0 Å². The lowest BCUT2D eigenvalue weighted by Gasteiger charge is -2.10. The van der Waals surface area contributed by atoms with Gasteiger partial charge < -0.3 is 0 Å². The first-order chi connectivity index (χ1) is 12.5. The molecule has 2 N–H and O–H groups in total. The summed E-state index contributed by atoms with van der Waals surface area (Å²) in [6.45, 7) is 0. The van der Waals surface area contributed by atoms with Gasteiger partial charge in [0.1, 0.15) is 0 Å². The number of fused-ring (bicyclic) bond motifs is 1. The van der Waals surface area contributed by atoms with Crippen molar-refractivity contribution in [2.24, 2.45) is 7.05 Å². The number of carbonyl (C=O) groups is 2. The van der Waals surface area contributed by atoms with Gasteiger partial charge in [0.15, 0.2) is 5.69 Å². The van der Waals surface area contributed by atoms with Crippen LogP contribution in [0.2, 0.25) is 0 Å². The Hall–Kier alpha value is -3.99. The summed E-state index contributed by atoms with van der Waals surface area (Å²) in [5, 5.41) is 13.5. The molecule has 0 saturated carbocycles. The Kier molecular flexibility index (Phi) is 4.45. The van der Waals surface area contributed by atoms with Crippen molar-refractivity contribution in [3.8, 4) is 6.07 Å². The molecule has 2 amide bonds. The zero-order valence-electron chi connectivity index (χ0n) is 13.7. The van der Waals surface area contributed by atoms with Crippen LogP contribution in [-0.4, -0.2) is 21.6 Å². The molecule has 2 aromatic carbocycles. The number of nitrogens with one attached hydrogen (secondary N) is 2. The molecule has 0 bridgehead atoms. The molecule has 0 spiro atoms. The predicted octanol–water partition coefficient (Wildman–Crippen LogP) is 0.880. The first kappa shape index (κ1) is 16.9. The van der Waals surface area contributed by atoms with Crippen LogP contribution in [0, 0.1) is 11.3 Å². The van der Waals surface area contributed by atoms with Gasteiger partial charge in [-0.05, 0) is 30.3 Å². The zero-order valence-corrected chi connectivity index (χ0v) is 13.7. The molecule has 1 aromatic heterocycles. The van der Waals surface area contributed by atoms with Crippen LogP contribution >= 0.6 is 0 Å². The van der Waals surface area contributed by atoms with E-state index in [9.17, 15) is 14.4 Å². The van der Waals surface area contributed by atoms with Crippen LogP contribution in [0.1, 0.15) is 26.4 Å². The number of rotatable bonds is 2. The number of hydrazine groups is 1. The highest BCUT2D eigenvalue weighted by molar-refractivity contribution is 6.06. The van der Waals surface area contributed by atoms with E-state index in [4.69, 9.17) is 5.26 Å². The average molecular weight is 347 g/mol. The normalized spacial score (nSPS) is 10.2. The van der Waals surface area contributed by atoms with E-state index < -0.39 is 11.8 Å². The predicted molar refractivity (Wildman–Crippen MR) is 93.1 cm³/mol. The minimum atomic E-state index is -0.654. The second-order valence-electron chi connectivity index (χ2n) is 5.42. The van der Waals surface area contributed by atoms with E-state index in [-0.39, 0.29) is 16.8 Å². The number of aromatic nitrogens is 2. The highest BCUT2D eigenvalue weighted by Crippen LogP contribution is 2.12. The lowest BCUT2D eigenvalue weighted by atomic mass is 10.1. The van der Waals surface area contributed by atoms with Crippen LogP contribution in [0.25, 0.3) is 10.8 Å². The summed E-state index contributed by atoms with van der Waals surface area (Å²) in [6.07, 6.45) is 0. The maximum Gasteiger partial charge on any atom is 0.290 e. The van der Waals surface area contributed by atoms with Crippen molar-refractivity contribution in [2.75, 3.05) is 0 Å². The number of hydrogen-bond acceptors (Lipinski definition) is 5. The van der Waals surface area contributed by atoms with E-state index in [1.807, 2.05) is 6.07 Å². The number of benzene rings is 2. The van der Waals surface area contributed by atoms with Crippen LogP contribution < -0.4 is 16.4 Å². The number of hydrogen-bond donors (Lipinski definition) is 2. The molecule has 8 nitrogen and oxygen atoms in total. The molecule has 3 aromatic rings. The molecule has 0 atom stereocenters. The summed E-state index contributed by atoms with van der Waals surface area (Å²) in [4.78, 5) is 36.6. The van der Waals surface area contributed by atoms with Crippen molar-refractivity contribution in [1.82, 2.24) is 20.6 Å². The molecule has 0 aliphatic carbocycles. The number of nitriles is 1. The number of aryl methyl sites for hydroxylation is 1. The van der Waals surface area contributed by atoms with Crippen LogP contribution in [0.5, 0.6) is 0 Å². The Bertz CT molecular complexity index is 1110. The second-order valence-corrected chi connectivity index (χ2v) is 5.42. The second kappa shape index (κ2) is 6.86. The number of nitrogens with zero attached hydrogens (tertiary/aromatic N) is 3. The van der Waals surface area contributed by atoms with E-state index in [0.29, 0.717) is 16.3 Å². The van der Waals surface area contributed by atoms with E-state index in [1.165, 1.54) is 31.3 Å². The third-order valence-corrected chi connectivity index (χ3v) is 3.74. The first-order valence-electron chi connectivity index (χ1n) is 7.58. The van der Waals surface area contributed by atoms with Crippen LogP contribution in [0.3, 0.4) is 0 Å². The molecule has 1 heterocycles.